The molecule has 0 rings (SSSR count). The van der Waals surface area contributed by atoms with Crippen LogP contribution in [0.2, 0.25) is 0 Å². The highest BCUT2D eigenvalue weighted by molar-refractivity contribution is 8.21. The van der Waals surface area contributed by atoms with Gasteiger partial charge < -0.3 is 5.73 Å². The van der Waals surface area contributed by atoms with Crippen molar-refractivity contribution >= 4 is 21.7 Å². The quantitative estimate of drug-likeness (QED) is 0.698. The number of rotatable bonds is 3. The summed E-state index contributed by atoms with van der Waals surface area (Å²) in [4.78, 5) is 0. The third-order valence-electron chi connectivity index (χ3n) is 1.28. The Morgan fingerprint density at radius 3 is 1.78 bits per heavy atom. The smallest absolute Gasteiger partial charge is 0.0371 e. The molecule has 0 aromatic rings. The van der Waals surface area contributed by atoms with Crippen molar-refractivity contribution in [3.63, 3.8) is 0 Å². The van der Waals surface area contributed by atoms with Crippen LogP contribution in [0.3, 0.4) is 0 Å². The third kappa shape index (κ3) is 3.33. The van der Waals surface area contributed by atoms with Crippen LogP contribution in [0, 0.1) is 5.92 Å². The molecule has 0 aromatic heterocycles. The second-order valence-electron chi connectivity index (χ2n) is 2.66. The van der Waals surface area contributed by atoms with E-state index in [0.29, 0.717) is 11.2 Å². The molecule has 0 bridgehead atoms. The van der Waals surface area contributed by atoms with Crippen LogP contribution in [0.5, 0.6) is 0 Å². The molecule has 56 valence electrons. The SMILES string of the molecule is CC(C)C(SCl)C(C)N. The highest BCUT2D eigenvalue weighted by atomic mass is 35.7. The Bertz CT molecular complexity index is 67.5. The van der Waals surface area contributed by atoms with E-state index in [1.807, 2.05) is 6.92 Å². The van der Waals surface area contributed by atoms with E-state index >= 15 is 0 Å². The molecule has 0 saturated carbocycles. The van der Waals surface area contributed by atoms with E-state index < -0.39 is 0 Å². The van der Waals surface area contributed by atoms with Crippen molar-refractivity contribution in [2.75, 3.05) is 0 Å². The Balaban J connectivity index is 3.68. The van der Waals surface area contributed by atoms with Gasteiger partial charge in [0.2, 0.25) is 0 Å². The van der Waals surface area contributed by atoms with Gasteiger partial charge in [-0.15, -0.1) is 0 Å². The first kappa shape index (κ1) is 9.60. The van der Waals surface area contributed by atoms with Crippen molar-refractivity contribution in [1.82, 2.24) is 0 Å². The second kappa shape index (κ2) is 4.42. The Kier molecular flexibility index (Phi) is 4.72. The fourth-order valence-electron chi connectivity index (χ4n) is 0.791. The molecule has 2 unspecified atom stereocenters. The van der Waals surface area contributed by atoms with Crippen LogP contribution in [-0.4, -0.2) is 11.3 Å². The molecule has 0 heterocycles. The first-order valence-electron chi connectivity index (χ1n) is 3.12. The van der Waals surface area contributed by atoms with E-state index in [9.17, 15) is 0 Å². The molecule has 0 aliphatic rings. The summed E-state index contributed by atoms with van der Waals surface area (Å²) in [6.45, 7) is 6.24. The van der Waals surface area contributed by atoms with Crippen molar-refractivity contribution in [1.29, 1.82) is 0 Å². The summed E-state index contributed by atoms with van der Waals surface area (Å²) in [5, 5.41) is 0.381. The molecule has 0 saturated heterocycles. The summed E-state index contributed by atoms with van der Waals surface area (Å²) < 4.78 is 0. The summed E-state index contributed by atoms with van der Waals surface area (Å²) in [5.41, 5.74) is 5.64. The maximum absolute atomic E-state index is 5.64. The molecular formula is C6H14ClNS. The Morgan fingerprint density at radius 1 is 1.33 bits per heavy atom. The highest BCUT2D eigenvalue weighted by Gasteiger charge is 2.16. The highest BCUT2D eigenvalue weighted by Crippen LogP contribution is 2.24. The zero-order valence-electron chi connectivity index (χ0n) is 6.10. The molecule has 0 aromatic carbocycles. The van der Waals surface area contributed by atoms with Gasteiger partial charge in [-0.25, -0.2) is 0 Å². The molecule has 0 spiro atoms. The van der Waals surface area contributed by atoms with Crippen LogP contribution < -0.4 is 5.73 Å². The lowest BCUT2D eigenvalue weighted by molar-refractivity contribution is 0.540. The molecular weight excluding hydrogens is 154 g/mol. The average Bonchev–Trinajstić information content (AvgIpc) is 1.64. The van der Waals surface area contributed by atoms with Crippen LogP contribution in [0.4, 0.5) is 0 Å². The van der Waals surface area contributed by atoms with E-state index in [-0.39, 0.29) is 6.04 Å². The van der Waals surface area contributed by atoms with Crippen molar-refractivity contribution in [2.24, 2.45) is 11.7 Å². The van der Waals surface area contributed by atoms with Crippen LogP contribution in [-0.2, 0) is 0 Å². The standard InChI is InChI=1S/C6H14ClNS/c1-4(2)6(9-7)5(3)8/h4-6H,8H2,1-3H3. The summed E-state index contributed by atoms with van der Waals surface area (Å²) in [6.07, 6.45) is 0. The van der Waals surface area contributed by atoms with Gasteiger partial charge in [0.15, 0.2) is 0 Å². The largest absolute Gasteiger partial charge is 0.327 e. The molecule has 0 aliphatic carbocycles. The molecule has 0 radical (unpaired) electrons. The fraction of sp³-hybridized carbons (Fsp3) is 1.00. The lowest BCUT2D eigenvalue weighted by atomic mass is 10.1. The average molecular weight is 168 g/mol. The lowest BCUT2D eigenvalue weighted by Gasteiger charge is -2.20. The predicted molar refractivity (Wildman–Crippen MR) is 45.7 cm³/mol. The first-order valence-corrected chi connectivity index (χ1v) is 4.83. The minimum absolute atomic E-state index is 0.187. The monoisotopic (exact) mass is 167 g/mol. The number of nitrogens with two attached hydrogens (primary N) is 1. The van der Waals surface area contributed by atoms with Crippen LogP contribution in [0.25, 0.3) is 0 Å². The van der Waals surface area contributed by atoms with Gasteiger partial charge in [0, 0.05) is 11.3 Å². The normalized spacial score (nSPS) is 18.0. The lowest BCUT2D eigenvalue weighted by Crippen LogP contribution is -2.32. The molecule has 9 heavy (non-hydrogen) atoms. The van der Waals surface area contributed by atoms with E-state index in [4.69, 9.17) is 16.4 Å². The molecule has 3 heteroatoms. The Labute approximate surface area is 65.8 Å². The van der Waals surface area contributed by atoms with Gasteiger partial charge in [0.05, 0.1) is 0 Å². The summed E-state index contributed by atoms with van der Waals surface area (Å²) in [5.74, 6) is 0.562. The van der Waals surface area contributed by atoms with Gasteiger partial charge in [-0.1, -0.05) is 24.8 Å². The van der Waals surface area contributed by atoms with E-state index in [1.165, 1.54) is 11.0 Å². The van der Waals surface area contributed by atoms with Gasteiger partial charge in [0.1, 0.15) is 0 Å². The molecule has 2 N–H and O–H groups in total. The second-order valence-corrected chi connectivity index (χ2v) is 3.91. The van der Waals surface area contributed by atoms with Crippen LogP contribution in [0.1, 0.15) is 20.8 Å². The van der Waals surface area contributed by atoms with E-state index in [0.717, 1.165) is 0 Å². The van der Waals surface area contributed by atoms with Gasteiger partial charge in [-0.2, -0.15) is 0 Å². The van der Waals surface area contributed by atoms with E-state index in [2.05, 4.69) is 13.8 Å². The molecule has 0 amide bonds. The Hall–Kier alpha value is 0.600. The maximum atomic E-state index is 5.64. The topological polar surface area (TPSA) is 26.0 Å². The minimum atomic E-state index is 0.187. The molecule has 2 atom stereocenters. The van der Waals surface area contributed by atoms with E-state index in [1.54, 1.807) is 0 Å². The zero-order chi connectivity index (χ0) is 7.44. The summed E-state index contributed by atoms with van der Waals surface area (Å²) in [6, 6.07) is 0.187. The predicted octanol–water partition coefficient (Wildman–Crippen LogP) is 2.25. The number of hydrogen-bond acceptors (Lipinski definition) is 2. The van der Waals surface area contributed by atoms with Gasteiger partial charge >= 0.3 is 0 Å². The summed E-state index contributed by atoms with van der Waals surface area (Å²) in [7, 11) is 6.93. The maximum Gasteiger partial charge on any atom is 0.0371 e. The molecule has 0 aliphatic heterocycles. The number of halogens is 1. The van der Waals surface area contributed by atoms with Crippen molar-refractivity contribution in [2.45, 2.75) is 32.1 Å². The van der Waals surface area contributed by atoms with Crippen molar-refractivity contribution < 1.29 is 0 Å². The van der Waals surface area contributed by atoms with Gasteiger partial charge in [-0.3, -0.25) is 0 Å². The van der Waals surface area contributed by atoms with Crippen LogP contribution >= 0.6 is 21.7 Å². The van der Waals surface area contributed by atoms with Crippen molar-refractivity contribution in [3.8, 4) is 0 Å². The summed E-state index contributed by atoms with van der Waals surface area (Å²) >= 11 is 0. The van der Waals surface area contributed by atoms with Gasteiger partial charge in [0.25, 0.3) is 0 Å². The van der Waals surface area contributed by atoms with Crippen molar-refractivity contribution in [3.05, 3.63) is 0 Å². The van der Waals surface area contributed by atoms with Crippen LogP contribution in [0.15, 0.2) is 0 Å². The molecule has 0 fully saturated rings. The minimum Gasteiger partial charge on any atom is -0.327 e. The Morgan fingerprint density at radius 2 is 1.78 bits per heavy atom. The third-order valence-corrected chi connectivity index (χ3v) is 3.07. The number of hydrogen-bond donors (Lipinski definition) is 1. The first-order chi connectivity index (χ1) is 4.09. The van der Waals surface area contributed by atoms with Gasteiger partial charge in [-0.05, 0) is 23.5 Å². The fourth-order valence-corrected chi connectivity index (χ4v) is 2.26. The molecule has 1 nitrogen and oxygen atoms in total. The zero-order valence-corrected chi connectivity index (χ0v) is 7.67.